The summed E-state index contributed by atoms with van der Waals surface area (Å²) in [7, 11) is 0. The lowest BCUT2D eigenvalue weighted by Crippen LogP contribution is -2.02. The number of benzene rings is 2. The SMILES string of the molecule is C/C(=C/C(=O)c1ccccc1)Nc1noc(-c2ccccc2)n1. The van der Waals surface area contributed by atoms with Crippen molar-refractivity contribution in [2.75, 3.05) is 5.32 Å². The van der Waals surface area contributed by atoms with Gasteiger partial charge >= 0.3 is 0 Å². The van der Waals surface area contributed by atoms with Gasteiger partial charge in [0, 0.05) is 22.9 Å². The van der Waals surface area contributed by atoms with Crippen molar-refractivity contribution in [2.45, 2.75) is 6.92 Å². The first-order valence-electron chi connectivity index (χ1n) is 7.16. The Labute approximate surface area is 133 Å². The Morgan fingerprint density at radius 2 is 1.70 bits per heavy atom. The van der Waals surface area contributed by atoms with Gasteiger partial charge in [-0.15, -0.1) is 0 Å². The molecule has 0 saturated heterocycles. The van der Waals surface area contributed by atoms with E-state index in [0.29, 0.717) is 23.1 Å². The molecule has 0 aliphatic rings. The normalized spacial score (nSPS) is 11.3. The molecule has 0 aliphatic carbocycles. The summed E-state index contributed by atoms with van der Waals surface area (Å²) in [6.45, 7) is 1.78. The van der Waals surface area contributed by atoms with E-state index >= 15 is 0 Å². The molecule has 3 rings (SSSR count). The lowest BCUT2D eigenvalue weighted by atomic mass is 10.1. The molecule has 1 N–H and O–H groups in total. The molecule has 0 radical (unpaired) electrons. The molecule has 0 saturated carbocycles. The first kappa shape index (κ1) is 14.7. The van der Waals surface area contributed by atoms with E-state index in [4.69, 9.17) is 4.52 Å². The van der Waals surface area contributed by atoms with Crippen LogP contribution in [0, 0.1) is 0 Å². The van der Waals surface area contributed by atoms with Crippen LogP contribution in [0.25, 0.3) is 11.5 Å². The standard InChI is InChI=1S/C18H15N3O2/c1-13(12-16(22)14-8-4-2-5-9-14)19-18-20-17(23-21-18)15-10-6-3-7-11-15/h2-12H,1H3,(H,19,21)/b13-12-. The van der Waals surface area contributed by atoms with E-state index in [2.05, 4.69) is 15.5 Å². The molecule has 0 unspecified atom stereocenters. The molecule has 5 nitrogen and oxygen atoms in total. The summed E-state index contributed by atoms with van der Waals surface area (Å²) in [5, 5.41) is 6.82. The predicted octanol–water partition coefficient (Wildman–Crippen LogP) is 3.94. The van der Waals surface area contributed by atoms with Crippen LogP contribution in [-0.4, -0.2) is 15.9 Å². The number of nitrogens with zero attached hydrogens (tertiary/aromatic N) is 2. The van der Waals surface area contributed by atoms with Crippen molar-refractivity contribution in [1.29, 1.82) is 0 Å². The van der Waals surface area contributed by atoms with Gasteiger partial charge in [-0.25, -0.2) is 0 Å². The molecule has 0 bridgehead atoms. The molecule has 0 atom stereocenters. The van der Waals surface area contributed by atoms with Crippen LogP contribution in [0.15, 0.2) is 77.0 Å². The third kappa shape index (κ3) is 3.71. The van der Waals surface area contributed by atoms with Gasteiger partial charge in [-0.1, -0.05) is 48.5 Å². The number of hydrogen-bond acceptors (Lipinski definition) is 5. The van der Waals surface area contributed by atoms with Crippen LogP contribution in [0.2, 0.25) is 0 Å². The van der Waals surface area contributed by atoms with E-state index in [1.54, 1.807) is 19.1 Å². The number of carbonyl (C=O) groups excluding carboxylic acids is 1. The lowest BCUT2D eigenvalue weighted by Gasteiger charge is -2.00. The van der Waals surface area contributed by atoms with E-state index in [1.165, 1.54) is 6.08 Å². The maximum atomic E-state index is 12.1. The van der Waals surface area contributed by atoms with Gasteiger partial charge in [0.2, 0.25) is 0 Å². The van der Waals surface area contributed by atoms with Crippen molar-refractivity contribution in [3.63, 3.8) is 0 Å². The quantitative estimate of drug-likeness (QED) is 0.571. The number of hydrogen-bond donors (Lipinski definition) is 1. The molecular weight excluding hydrogens is 290 g/mol. The van der Waals surface area contributed by atoms with Gasteiger partial charge in [0.25, 0.3) is 11.8 Å². The number of rotatable bonds is 5. The van der Waals surface area contributed by atoms with Crippen LogP contribution >= 0.6 is 0 Å². The summed E-state index contributed by atoms with van der Waals surface area (Å²) < 4.78 is 5.21. The average Bonchev–Trinajstić information content (AvgIpc) is 3.04. The zero-order valence-corrected chi connectivity index (χ0v) is 12.6. The second-order valence-corrected chi connectivity index (χ2v) is 4.97. The van der Waals surface area contributed by atoms with Crippen LogP contribution in [0.5, 0.6) is 0 Å². The smallest absolute Gasteiger partial charge is 0.267 e. The highest BCUT2D eigenvalue weighted by Crippen LogP contribution is 2.18. The molecule has 3 aromatic rings. The van der Waals surface area contributed by atoms with Gasteiger partial charge in [-0.05, 0) is 24.2 Å². The van der Waals surface area contributed by atoms with Gasteiger partial charge < -0.3 is 9.84 Å². The largest absolute Gasteiger partial charge is 0.332 e. The number of allylic oxidation sites excluding steroid dienone is 2. The Hall–Kier alpha value is -3.21. The minimum atomic E-state index is -0.0811. The fourth-order valence-corrected chi connectivity index (χ4v) is 2.07. The number of carbonyl (C=O) groups is 1. The molecule has 5 heteroatoms. The van der Waals surface area contributed by atoms with Crippen LogP contribution in [0.1, 0.15) is 17.3 Å². The Bertz CT molecular complexity index is 824. The maximum Gasteiger partial charge on any atom is 0.267 e. The third-order valence-electron chi connectivity index (χ3n) is 3.16. The average molecular weight is 305 g/mol. The van der Waals surface area contributed by atoms with Gasteiger partial charge in [-0.2, -0.15) is 4.98 Å². The lowest BCUT2D eigenvalue weighted by molar-refractivity contribution is 0.104. The fraction of sp³-hybridized carbons (Fsp3) is 0.0556. The first-order chi connectivity index (χ1) is 11.2. The van der Waals surface area contributed by atoms with Crippen molar-refractivity contribution < 1.29 is 9.32 Å². The number of aromatic nitrogens is 2. The highest BCUT2D eigenvalue weighted by atomic mass is 16.5. The Balaban J connectivity index is 1.71. The van der Waals surface area contributed by atoms with Crippen molar-refractivity contribution in [3.8, 4) is 11.5 Å². The summed E-state index contributed by atoms with van der Waals surface area (Å²) in [5.41, 5.74) is 2.11. The van der Waals surface area contributed by atoms with E-state index in [0.717, 1.165) is 5.56 Å². The highest BCUT2D eigenvalue weighted by molar-refractivity contribution is 6.05. The van der Waals surface area contributed by atoms with Crippen LogP contribution < -0.4 is 5.32 Å². The molecule has 23 heavy (non-hydrogen) atoms. The van der Waals surface area contributed by atoms with E-state index in [9.17, 15) is 4.79 Å². The monoisotopic (exact) mass is 305 g/mol. The molecule has 1 aromatic heterocycles. The summed E-state index contributed by atoms with van der Waals surface area (Å²) in [5.74, 6) is 0.663. The van der Waals surface area contributed by atoms with Gasteiger partial charge in [0.1, 0.15) is 0 Å². The Morgan fingerprint density at radius 1 is 1.04 bits per heavy atom. The Morgan fingerprint density at radius 3 is 2.39 bits per heavy atom. The van der Waals surface area contributed by atoms with Crippen molar-refractivity contribution in [3.05, 3.63) is 78.0 Å². The Kier molecular flexibility index (Phi) is 4.29. The molecule has 0 fully saturated rings. The summed E-state index contributed by atoms with van der Waals surface area (Å²) in [6.07, 6.45) is 1.51. The minimum absolute atomic E-state index is 0.0811. The fourth-order valence-electron chi connectivity index (χ4n) is 2.07. The number of nitrogens with one attached hydrogen (secondary N) is 1. The first-order valence-corrected chi connectivity index (χ1v) is 7.16. The molecule has 0 spiro atoms. The summed E-state index contributed by atoms with van der Waals surface area (Å²) in [4.78, 5) is 16.4. The number of anilines is 1. The topological polar surface area (TPSA) is 68.0 Å². The molecule has 0 amide bonds. The van der Waals surface area contributed by atoms with Crippen LogP contribution in [0.3, 0.4) is 0 Å². The second kappa shape index (κ2) is 6.70. The predicted molar refractivity (Wildman–Crippen MR) is 87.9 cm³/mol. The van der Waals surface area contributed by atoms with Crippen LogP contribution in [0.4, 0.5) is 5.95 Å². The van der Waals surface area contributed by atoms with E-state index in [1.807, 2.05) is 48.5 Å². The highest BCUT2D eigenvalue weighted by Gasteiger charge is 2.09. The minimum Gasteiger partial charge on any atom is -0.332 e. The molecule has 0 aliphatic heterocycles. The van der Waals surface area contributed by atoms with E-state index < -0.39 is 0 Å². The van der Waals surface area contributed by atoms with Gasteiger partial charge in [0.05, 0.1) is 0 Å². The summed E-state index contributed by atoms with van der Waals surface area (Å²) in [6, 6.07) is 18.6. The maximum absolute atomic E-state index is 12.1. The zero-order chi connectivity index (χ0) is 16.1. The molecule has 1 heterocycles. The molecule has 2 aromatic carbocycles. The van der Waals surface area contributed by atoms with Crippen molar-refractivity contribution >= 4 is 11.7 Å². The van der Waals surface area contributed by atoms with Crippen molar-refractivity contribution in [1.82, 2.24) is 10.1 Å². The number of ketones is 1. The van der Waals surface area contributed by atoms with E-state index in [-0.39, 0.29) is 5.78 Å². The van der Waals surface area contributed by atoms with Gasteiger partial charge in [-0.3, -0.25) is 4.79 Å². The van der Waals surface area contributed by atoms with Crippen molar-refractivity contribution in [2.24, 2.45) is 0 Å². The van der Waals surface area contributed by atoms with Gasteiger partial charge in [0.15, 0.2) is 5.78 Å². The summed E-state index contributed by atoms with van der Waals surface area (Å²) >= 11 is 0. The third-order valence-corrected chi connectivity index (χ3v) is 3.16. The molecular formula is C18H15N3O2. The molecule has 114 valence electrons. The van der Waals surface area contributed by atoms with Crippen LogP contribution in [-0.2, 0) is 0 Å². The zero-order valence-electron chi connectivity index (χ0n) is 12.6. The second-order valence-electron chi connectivity index (χ2n) is 4.97.